The van der Waals surface area contributed by atoms with E-state index in [1.165, 1.54) is 36.8 Å². The van der Waals surface area contributed by atoms with Crippen LogP contribution in [0, 0.1) is 0 Å². The lowest BCUT2D eigenvalue weighted by Crippen LogP contribution is -2.39. The average Bonchev–Trinajstić information content (AvgIpc) is 2.49. The Balaban J connectivity index is 2.28. The third-order valence-electron chi connectivity index (χ3n) is 4.45. The van der Waals surface area contributed by atoms with E-state index in [1.807, 2.05) is 12.1 Å². The third-order valence-corrected chi connectivity index (χ3v) is 4.77. The fourth-order valence-corrected chi connectivity index (χ4v) is 3.19. The SMILES string of the molecule is COc1cc(/C=C2/CCCCC2N(C)C(C)C)ccc1Cl. The summed E-state index contributed by atoms with van der Waals surface area (Å²) in [6.07, 6.45) is 7.38. The first-order valence-corrected chi connectivity index (χ1v) is 8.16. The summed E-state index contributed by atoms with van der Waals surface area (Å²) in [4.78, 5) is 2.48. The highest BCUT2D eigenvalue weighted by atomic mass is 35.5. The van der Waals surface area contributed by atoms with Crippen LogP contribution in [-0.2, 0) is 0 Å². The number of hydrogen-bond donors (Lipinski definition) is 0. The summed E-state index contributed by atoms with van der Waals surface area (Å²) in [6, 6.07) is 7.13. The van der Waals surface area contributed by atoms with Gasteiger partial charge in [0.25, 0.3) is 0 Å². The Bertz CT molecular complexity index is 510. The lowest BCUT2D eigenvalue weighted by atomic mass is 9.87. The molecular formula is C18H26ClNO. The van der Waals surface area contributed by atoms with E-state index in [0.29, 0.717) is 17.1 Å². The number of nitrogens with zero attached hydrogens (tertiary/aromatic N) is 1. The van der Waals surface area contributed by atoms with Gasteiger partial charge in [-0.05, 0) is 57.9 Å². The predicted octanol–water partition coefficient (Wildman–Crippen LogP) is 5.01. The van der Waals surface area contributed by atoms with Gasteiger partial charge in [-0.25, -0.2) is 0 Å². The topological polar surface area (TPSA) is 12.5 Å². The summed E-state index contributed by atoms with van der Waals surface area (Å²) >= 11 is 6.11. The minimum Gasteiger partial charge on any atom is -0.495 e. The molecule has 0 radical (unpaired) electrons. The van der Waals surface area contributed by atoms with Gasteiger partial charge in [0.2, 0.25) is 0 Å². The van der Waals surface area contributed by atoms with Crippen molar-refractivity contribution in [2.24, 2.45) is 0 Å². The van der Waals surface area contributed by atoms with E-state index in [1.54, 1.807) is 7.11 Å². The number of benzene rings is 1. The van der Waals surface area contributed by atoms with Crippen LogP contribution in [0.2, 0.25) is 5.02 Å². The zero-order valence-corrected chi connectivity index (χ0v) is 14.3. The van der Waals surface area contributed by atoms with E-state index in [4.69, 9.17) is 16.3 Å². The smallest absolute Gasteiger partial charge is 0.138 e. The van der Waals surface area contributed by atoms with E-state index in [0.717, 1.165) is 5.75 Å². The second kappa shape index (κ2) is 7.33. The van der Waals surface area contributed by atoms with Gasteiger partial charge in [0.05, 0.1) is 12.1 Å². The molecule has 0 aliphatic heterocycles. The molecule has 0 saturated heterocycles. The van der Waals surface area contributed by atoms with Crippen molar-refractivity contribution in [3.63, 3.8) is 0 Å². The molecule has 1 aliphatic carbocycles. The van der Waals surface area contributed by atoms with Crippen LogP contribution in [0.1, 0.15) is 45.1 Å². The molecule has 0 bridgehead atoms. The number of rotatable bonds is 4. The molecule has 0 spiro atoms. The first-order valence-electron chi connectivity index (χ1n) is 7.79. The van der Waals surface area contributed by atoms with Crippen LogP contribution >= 0.6 is 11.6 Å². The summed E-state index contributed by atoms with van der Waals surface area (Å²) in [5, 5.41) is 0.666. The largest absolute Gasteiger partial charge is 0.495 e. The maximum absolute atomic E-state index is 6.11. The highest BCUT2D eigenvalue weighted by Gasteiger charge is 2.24. The fraction of sp³-hybridized carbons (Fsp3) is 0.556. The molecule has 2 nitrogen and oxygen atoms in total. The van der Waals surface area contributed by atoms with Gasteiger partial charge in [-0.2, -0.15) is 0 Å². The average molecular weight is 308 g/mol. The second-order valence-corrected chi connectivity index (χ2v) is 6.54. The van der Waals surface area contributed by atoms with Crippen molar-refractivity contribution in [3.05, 3.63) is 34.4 Å². The summed E-state index contributed by atoms with van der Waals surface area (Å²) < 4.78 is 5.32. The van der Waals surface area contributed by atoms with E-state index in [-0.39, 0.29) is 0 Å². The third kappa shape index (κ3) is 4.02. The van der Waals surface area contributed by atoms with Crippen LogP contribution in [0.15, 0.2) is 23.8 Å². The van der Waals surface area contributed by atoms with Crippen molar-refractivity contribution in [3.8, 4) is 5.75 Å². The van der Waals surface area contributed by atoms with Crippen LogP contribution in [0.25, 0.3) is 6.08 Å². The molecule has 1 fully saturated rings. The van der Waals surface area contributed by atoms with E-state index in [2.05, 4.69) is 37.9 Å². The van der Waals surface area contributed by atoms with Crippen LogP contribution < -0.4 is 4.74 Å². The van der Waals surface area contributed by atoms with Gasteiger partial charge in [0, 0.05) is 12.1 Å². The maximum Gasteiger partial charge on any atom is 0.138 e. The molecule has 2 rings (SSSR count). The molecule has 1 atom stereocenters. The minimum atomic E-state index is 0.556. The molecule has 116 valence electrons. The van der Waals surface area contributed by atoms with Crippen LogP contribution in [-0.4, -0.2) is 31.1 Å². The summed E-state index contributed by atoms with van der Waals surface area (Å²) in [5.41, 5.74) is 2.71. The Morgan fingerprint density at radius 2 is 2.10 bits per heavy atom. The van der Waals surface area contributed by atoms with E-state index in [9.17, 15) is 0 Å². The molecule has 0 heterocycles. The number of halogens is 1. The molecule has 1 unspecified atom stereocenters. The van der Waals surface area contributed by atoms with Gasteiger partial charge in [-0.3, -0.25) is 4.90 Å². The Hall–Kier alpha value is -0.990. The van der Waals surface area contributed by atoms with Gasteiger partial charge in [0.1, 0.15) is 5.75 Å². The van der Waals surface area contributed by atoms with E-state index < -0.39 is 0 Å². The van der Waals surface area contributed by atoms with Crippen molar-refractivity contribution in [2.75, 3.05) is 14.2 Å². The maximum atomic E-state index is 6.11. The molecule has 0 N–H and O–H groups in total. The lowest BCUT2D eigenvalue weighted by molar-refractivity contribution is 0.195. The summed E-state index contributed by atoms with van der Waals surface area (Å²) in [6.45, 7) is 4.52. The van der Waals surface area contributed by atoms with Crippen molar-refractivity contribution < 1.29 is 4.74 Å². The normalized spacial score (nSPS) is 21.3. The Morgan fingerprint density at radius 1 is 1.33 bits per heavy atom. The van der Waals surface area contributed by atoms with Crippen molar-refractivity contribution in [2.45, 2.75) is 51.6 Å². The van der Waals surface area contributed by atoms with Gasteiger partial charge in [-0.1, -0.05) is 35.7 Å². The molecule has 1 aliphatic rings. The fourth-order valence-electron chi connectivity index (χ4n) is 2.99. The van der Waals surface area contributed by atoms with Crippen molar-refractivity contribution in [1.29, 1.82) is 0 Å². The summed E-state index contributed by atoms with van der Waals surface area (Å²) in [7, 11) is 3.89. The molecule has 1 aromatic carbocycles. The van der Waals surface area contributed by atoms with Gasteiger partial charge < -0.3 is 4.74 Å². The Morgan fingerprint density at radius 3 is 2.76 bits per heavy atom. The standard InChI is InChI=1S/C18H26ClNO/c1-13(2)20(3)17-8-6-5-7-15(17)11-14-9-10-16(19)18(12-14)21-4/h9-13,17H,5-8H2,1-4H3/b15-11-. The molecular weight excluding hydrogens is 282 g/mol. The first kappa shape index (κ1) is 16.4. The van der Waals surface area contributed by atoms with Crippen molar-refractivity contribution >= 4 is 17.7 Å². The molecule has 1 aromatic rings. The van der Waals surface area contributed by atoms with Crippen LogP contribution in [0.3, 0.4) is 0 Å². The molecule has 21 heavy (non-hydrogen) atoms. The second-order valence-electron chi connectivity index (χ2n) is 6.13. The van der Waals surface area contributed by atoms with Gasteiger partial charge in [-0.15, -0.1) is 0 Å². The van der Waals surface area contributed by atoms with Gasteiger partial charge in [0.15, 0.2) is 0 Å². The Labute approximate surface area is 133 Å². The molecule has 0 amide bonds. The highest BCUT2D eigenvalue weighted by molar-refractivity contribution is 6.32. The number of hydrogen-bond acceptors (Lipinski definition) is 2. The van der Waals surface area contributed by atoms with Crippen LogP contribution in [0.5, 0.6) is 5.75 Å². The zero-order valence-electron chi connectivity index (χ0n) is 13.5. The minimum absolute atomic E-state index is 0.556. The van der Waals surface area contributed by atoms with E-state index >= 15 is 0 Å². The van der Waals surface area contributed by atoms with Gasteiger partial charge >= 0.3 is 0 Å². The van der Waals surface area contributed by atoms with Crippen molar-refractivity contribution in [1.82, 2.24) is 4.90 Å². The quantitative estimate of drug-likeness (QED) is 0.775. The number of likely N-dealkylation sites (N-methyl/N-ethyl adjacent to an activating group) is 1. The number of methoxy groups -OCH3 is 1. The zero-order chi connectivity index (χ0) is 15.4. The number of ether oxygens (including phenoxy) is 1. The molecule has 1 saturated carbocycles. The van der Waals surface area contributed by atoms with Crippen LogP contribution in [0.4, 0.5) is 0 Å². The first-order chi connectivity index (χ1) is 10.0. The Kier molecular flexibility index (Phi) is 5.72. The summed E-state index contributed by atoms with van der Waals surface area (Å²) in [5.74, 6) is 0.746. The lowest BCUT2D eigenvalue weighted by Gasteiger charge is -2.36. The molecule has 3 heteroatoms. The predicted molar refractivity (Wildman–Crippen MR) is 91.1 cm³/mol. The molecule has 0 aromatic heterocycles. The monoisotopic (exact) mass is 307 g/mol. The highest BCUT2D eigenvalue weighted by Crippen LogP contribution is 2.32.